The zero-order valence-electron chi connectivity index (χ0n) is 9.83. The van der Waals surface area contributed by atoms with Gasteiger partial charge in [-0.2, -0.15) is 0 Å². The Morgan fingerprint density at radius 2 is 1.81 bits per heavy atom. The molecule has 0 atom stereocenters. The highest BCUT2D eigenvalue weighted by Gasteiger charge is 2.01. The fraction of sp³-hybridized carbons (Fsp3) is 0.200. The van der Waals surface area contributed by atoms with Gasteiger partial charge >= 0.3 is 0 Å². The van der Waals surface area contributed by atoms with Crippen molar-refractivity contribution < 1.29 is 0 Å². The summed E-state index contributed by atoms with van der Waals surface area (Å²) in [4.78, 5) is 0. The van der Waals surface area contributed by atoms with Gasteiger partial charge < -0.3 is 5.32 Å². The topological polar surface area (TPSA) is 12.0 Å². The second-order valence-corrected chi connectivity index (χ2v) is 4.05. The first-order chi connectivity index (χ1) is 7.81. The predicted octanol–water partition coefficient (Wildman–Crippen LogP) is 3.38. The summed E-state index contributed by atoms with van der Waals surface area (Å²) < 4.78 is 0. The normalized spacial score (nSPS) is 10.4. The van der Waals surface area contributed by atoms with E-state index in [9.17, 15) is 0 Å². The molecule has 0 radical (unpaired) electrons. The number of nitrogens with one attached hydrogen (secondary N) is 1. The molecule has 1 N–H and O–H groups in total. The van der Waals surface area contributed by atoms with Gasteiger partial charge in [0.2, 0.25) is 0 Å². The first-order valence-corrected chi connectivity index (χ1v) is 5.61. The maximum atomic E-state index is 3.18. The molecule has 16 heavy (non-hydrogen) atoms. The van der Waals surface area contributed by atoms with Gasteiger partial charge in [-0.15, -0.1) is 0 Å². The standard InChI is InChI=1S/C15H17N/c1-12-6-3-4-9-15(12)14-8-5-7-13(10-14)11-16-2/h3-10,16H,11H2,1-2H3. The average Bonchev–Trinajstić information content (AvgIpc) is 2.30. The Balaban J connectivity index is 2.40. The van der Waals surface area contributed by atoms with Crippen molar-refractivity contribution in [2.45, 2.75) is 13.5 Å². The van der Waals surface area contributed by atoms with Crippen LogP contribution in [-0.2, 0) is 6.54 Å². The summed E-state index contributed by atoms with van der Waals surface area (Å²) in [6.07, 6.45) is 0. The second-order valence-electron chi connectivity index (χ2n) is 4.05. The third-order valence-corrected chi connectivity index (χ3v) is 2.76. The van der Waals surface area contributed by atoms with Gasteiger partial charge in [0.25, 0.3) is 0 Å². The molecule has 2 rings (SSSR count). The van der Waals surface area contributed by atoms with Gasteiger partial charge in [0.1, 0.15) is 0 Å². The van der Waals surface area contributed by atoms with E-state index in [4.69, 9.17) is 0 Å². The lowest BCUT2D eigenvalue weighted by molar-refractivity contribution is 0.818. The van der Waals surface area contributed by atoms with Crippen molar-refractivity contribution in [3.63, 3.8) is 0 Å². The lowest BCUT2D eigenvalue weighted by atomic mass is 9.99. The van der Waals surface area contributed by atoms with Gasteiger partial charge in [-0.1, -0.05) is 42.5 Å². The van der Waals surface area contributed by atoms with E-state index < -0.39 is 0 Å². The fourth-order valence-corrected chi connectivity index (χ4v) is 1.95. The SMILES string of the molecule is CNCc1cccc(-c2ccccc2C)c1. The smallest absolute Gasteiger partial charge is 0.0202 e. The maximum Gasteiger partial charge on any atom is 0.0202 e. The van der Waals surface area contributed by atoms with Crippen molar-refractivity contribution in [2.24, 2.45) is 0 Å². The van der Waals surface area contributed by atoms with E-state index in [0.29, 0.717) is 0 Å². The Bertz CT molecular complexity index is 474. The summed E-state index contributed by atoms with van der Waals surface area (Å²) >= 11 is 0. The largest absolute Gasteiger partial charge is 0.316 e. The highest BCUT2D eigenvalue weighted by molar-refractivity contribution is 5.67. The summed E-state index contributed by atoms with van der Waals surface area (Å²) in [7, 11) is 1.97. The zero-order valence-corrected chi connectivity index (χ0v) is 9.83. The van der Waals surface area contributed by atoms with Crippen LogP contribution in [0.25, 0.3) is 11.1 Å². The van der Waals surface area contributed by atoms with Crippen molar-refractivity contribution in [1.29, 1.82) is 0 Å². The van der Waals surface area contributed by atoms with Crippen molar-refractivity contribution in [3.05, 3.63) is 59.7 Å². The van der Waals surface area contributed by atoms with E-state index in [1.165, 1.54) is 22.3 Å². The third kappa shape index (κ3) is 2.31. The summed E-state index contributed by atoms with van der Waals surface area (Å²) in [5.41, 5.74) is 5.26. The van der Waals surface area contributed by atoms with Gasteiger partial charge in [0.15, 0.2) is 0 Å². The summed E-state index contributed by atoms with van der Waals surface area (Å²) in [5.74, 6) is 0. The highest BCUT2D eigenvalue weighted by atomic mass is 14.8. The van der Waals surface area contributed by atoms with E-state index >= 15 is 0 Å². The molecule has 0 unspecified atom stereocenters. The summed E-state index contributed by atoms with van der Waals surface area (Å²) in [6.45, 7) is 3.07. The van der Waals surface area contributed by atoms with Gasteiger partial charge in [-0.3, -0.25) is 0 Å². The molecule has 0 aliphatic heterocycles. The van der Waals surface area contributed by atoms with Crippen LogP contribution in [-0.4, -0.2) is 7.05 Å². The van der Waals surface area contributed by atoms with Crippen LogP contribution in [0.4, 0.5) is 0 Å². The molecule has 0 aliphatic carbocycles. The minimum Gasteiger partial charge on any atom is -0.316 e. The monoisotopic (exact) mass is 211 g/mol. The van der Waals surface area contributed by atoms with E-state index in [1.807, 2.05) is 7.05 Å². The molecule has 2 aromatic carbocycles. The first-order valence-electron chi connectivity index (χ1n) is 5.61. The summed E-state index contributed by atoms with van der Waals surface area (Å²) in [6, 6.07) is 17.2. The summed E-state index contributed by atoms with van der Waals surface area (Å²) in [5, 5.41) is 3.18. The predicted molar refractivity (Wildman–Crippen MR) is 69.4 cm³/mol. The lowest BCUT2D eigenvalue weighted by Crippen LogP contribution is -2.04. The number of aryl methyl sites for hydroxylation is 1. The Labute approximate surface area is 97.1 Å². The molecule has 0 heterocycles. The fourth-order valence-electron chi connectivity index (χ4n) is 1.95. The average molecular weight is 211 g/mol. The van der Waals surface area contributed by atoms with E-state index in [2.05, 4.69) is 60.8 Å². The van der Waals surface area contributed by atoms with Crippen LogP contribution in [0, 0.1) is 6.92 Å². The molecular formula is C15H17N. The van der Waals surface area contributed by atoms with Crippen LogP contribution in [0.15, 0.2) is 48.5 Å². The molecular weight excluding hydrogens is 194 g/mol. The van der Waals surface area contributed by atoms with Gasteiger partial charge in [0.05, 0.1) is 0 Å². The van der Waals surface area contributed by atoms with Crippen molar-refractivity contribution in [1.82, 2.24) is 5.32 Å². The molecule has 2 aromatic rings. The van der Waals surface area contributed by atoms with E-state index in [-0.39, 0.29) is 0 Å². The minimum atomic E-state index is 0.916. The number of benzene rings is 2. The number of hydrogen-bond acceptors (Lipinski definition) is 1. The molecule has 0 saturated carbocycles. The molecule has 0 aliphatic rings. The molecule has 0 fully saturated rings. The maximum absolute atomic E-state index is 3.18. The van der Waals surface area contributed by atoms with Crippen LogP contribution >= 0.6 is 0 Å². The molecule has 82 valence electrons. The van der Waals surface area contributed by atoms with E-state index in [1.54, 1.807) is 0 Å². The molecule has 0 spiro atoms. The van der Waals surface area contributed by atoms with Gasteiger partial charge in [-0.05, 0) is 42.3 Å². The first kappa shape index (κ1) is 10.9. The van der Waals surface area contributed by atoms with Crippen LogP contribution in [0.1, 0.15) is 11.1 Å². The molecule has 0 saturated heterocycles. The Morgan fingerprint density at radius 3 is 2.56 bits per heavy atom. The van der Waals surface area contributed by atoms with Crippen molar-refractivity contribution in [3.8, 4) is 11.1 Å². The van der Waals surface area contributed by atoms with Gasteiger partial charge in [0, 0.05) is 6.54 Å². The quantitative estimate of drug-likeness (QED) is 0.820. The van der Waals surface area contributed by atoms with E-state index in [0.717, 1.165) is 6.54 Å². The lowest BCUT2D eigenvalue weighted by Gasteiger charge is -2.07. The van der Waals surface area contributed by atoms with Crippen LogP contribution < -0.4 is 5.32 Å². The zero-order chi connectivity index (χ0) is 11.4. The van der Waals surface area contributed by atoms with Crippen LogP contribution in [0.5, 0.6) is 0 Å². The van der Waals surface area contributed by atoms with Crippen LogP contribution in [0.2, 0.25) is 0 Å². The third-order valence-electron chi connectivity index (χ3n) is 2.76. The van der Waals surface area contributed by atoms with Crippen molar-refractivity contribution >= 4 is 0 Å². The Morgan fingerprint density at radius 1 is 1.00 bits per heavy atom. The number of hydrogen-bond donors (Lipinski definition) is 1. The molecule has 0 amide bonds. The number of rotatable bonds is 3. The van der Waals surface area contributed by atoms with Crippen LogP contribution in [0.3, 0.4) is 0 Å². The second kappa shape index (κ2) is 4.95. The molecule has 0 aromatic heterocycles. The molecule has 1 heteroatoms. The molecule has 0 bridgehead atoms. The molecule has 1 nitrogen and oxygen atoms in total. The minimum absolute atomic E-state index is 0.916. The van der Waals surface area contributed by atoms with Crippen molar-refractivity contribution in [2.75, 3.05) is 7.05 Å². The van der Waals surface area contributed by atoms with Gasteiger partial charge in [-0.25, -0.2) is 0 Å². The highest BCUT2D eigenvalue weighted by Crippen LogP contribution is 2.23. The Hall–Kier alpha value is -1.60. The Kier molecular flexibility index (Phi) is 3.37.